The number of benzene rings is 1. The molecule has 3 aliphatic rings. The summed E-state index contributed by atoms with van der Waals surface area (Å²) in [7, 11) is 0. The Morgan fingerprint density at radius 1 is 1.10 bits per heavy atom. The summed E-state index contributed by atoms with van der Waals surface area (Å²) in [5, 5.41) is 40.0. The van der Waals surface area contributed by atoms with Crippen molar-refractivity contribution in [3.63, 3.8) is 0 Å². The Hall–Kier alpha value is -1.22. The van der Waals surface area contributed by atoms with E-state index in [1.54, 1.807) is 0 Å². The summed E-state index contributed by atoms with van der Waals surface area (Å²) < 4.78 is 17.9. The first-order chi connectivity index (χ1) is 14.1. The van der Waals surface area contributed by atoms with Crippen LogP contribution in [0.5, 0.6) is 5.75 Å². The van der Waals surface area contributed by atoms with Crippen LogP contribution >= 0.6 is 0 Å². The van der Waals surface area contributed by atoms with Crippen LogP contribution in [0.25, 0.3) is 0 Å². The topological polar surface area (TPSA) is 109 Å². The number of aryl methyl sites for hydroxylation is 1. The van der Waals surface area contributed by atoms with E-state index in [-0.39, 0.29) is 22.9 Å². The molecule has 8 atom stereocenters. The number of hydrogen-bond donors (Lipinski definition) is 4. The van der Waals surface area contributed by atoms with Gasteiger partial charge in [-0.3, -0.25) is 0 Å². The molecular formula is C23H34O7. The summed E-state index contributed by atoms with van der Waals surface area (Å²) >= 11 is 0. The highest BCUT2D eigenvalue weighted by atomic mass is 16.7. The molecule has 1 aromatic rings. The van der Waals surface area contributed by atoms with Crippen LogP contribution in [0, 0.1) is 18.3 Å². The van der Waals surface area contributed by atoms with Gasteiger partial charge in [0.05, 0.1) is 19.3 Å². The number of hydrogen-bond acceptors (Lipinski definition) is 7. The zero-order chi connectivity index (χ0) is 21.8. The summed E-state index contributed by atoms with van der Waals surface area (Å²) in [5.41, 5.74) is 2.08. The molecule has 1 saturated heterocycles. The van der Waals surface area contributed by atoms with Crippen LogP contribution < -0.4 is 4.74 Å². The van der Waals surface area contributed by atoms with Gasteiger partial charge < -0.3 is 34.6 Å². The smallest absolute Gasteiger partial charge is 0.186 e. The number of aliphatic hydroxyl groups is 4. The number of ether oxygens (including phenoxy) is 3. The lowest BCUT2D eigenvalue weighted by Gasteiger charge is -2.57. The predicted molar refractivity (Wildman–Crippen MR) is 109 cm³/mol. The Kier molecular flexibility index (Phi) is 5.66. The number of aliphatic hydroxyl groups excluding tert-OH is 4. The van der Waals surface area contributed by atoms with Gasteiger partial charge in [0.2, 0.25) is 0 Å². The maximum atomic E-state index is 10.4. The molecule has 2 aliphatic heterocycles. The monoisotopic (exact) mass is 422 g/mol. The van der Waals surface area contributed by atoms with Gasteiger partial charge in [0.15, 0.2) is 6.29 Å². The lowest BCUT2D eigenvalue weighted by Crippen LogP contribution is -2.62. The van der Waals surface area contributed by atoms with Crippen LogP contribution in [0.1, 0.15) is 44.7 Å². The van der Waals surface area contributed by atoms with Gasteiger partial charge in [0, 0.05) is 16.9 Å². The van der Waals surface area contributed by atoms with Crippen molar-refractivity contribution in [2.24, 2.45) is 11.3 Å². The lowest BCUT2D eigenvalue weighted by molar-refractivity contribution is -0.325. The third-order valence-electron chi connectivity index (χ3n) is 7.73. The zero-order valence-electron chi connectivity index (χ0n) is 18.1. The highest BCUT2D eigenvalue weighted by molar-refractivity contribution is 5.45. The molecular weight excluding hydrogens is 388 g/mol. The van der Waals surface area contributed by atoms with Gasteiger partial charge in [-0.15, -0.1) is 0 Å². The fourth-order valence-corrected chi connectivity index (χ4v) is 5.72. The van der Waals surface area contributed by atoms with Gasteiger partial charge in [0.25, 0.3) is 0 Å². The van der Waals surface area contributed by atoms with Gasteiger partial charge >= 0.3 is 0 Å². The van der Waals surface area contributed by atoms with Crippen molar-refractivity contribution in [3.8, 4) is 5.75 Å². The van der Waals surface area contributed by atoms with E-state index in [4.69, 9.17) is 14.2 Å². The van der Waals surface area contributed by atoms with Crippen LogP contribution in [-0.4, -0.2) is 70.4 Å². The first kappa shape index (κ1) is 22.0. The minimum atomic E-state index is -1.44. The summed E-state index contributed by atoms with van der Waals surface area (Å²) in [5.74, 6) is 1.13. The van der Waals surface area contributed by atoms with E-state index in [0.717, 1.165) is 18.6 Å². The molecule has 0 aromatic heterocycles. The molecule has 0 bridgehead atoms. The van der Waals surface area contributed by atoms with Gasteiger partial charge in [-0.1, -0.05) is 38.5 Å². The molecule has 2 heterocycles. The summed E-state index contributed by atoms with van der Waals surface area (Å²) in [6.07, 6.45) is -4.91. The van der Waals surface area contributed by atoms with Crippen molar-refractivity contribution in [1.29, 1.82) is 0 Å². The molecule has 0 radical (unpaired) electrons. The second-order valence-corrected chi connectivity index (χ2v) is 9.96. The molecule has 1 saturated carbocycles. The normalized spacial score (nSPS) is 42.7. The molecule has 30 heavy (non-hydrogen) atoms. The second-order valence-electron chi connectivity index (χ2n) is 9.96. The molecule has 0 spiro atoms. The van der Waals surface area contributed by atoms with E-state index >= 15 is 0 Å². The summed E-state index contributed by atoms with van der Waals surface area (Å²) in [4.78, 5) is 0. The first-order valence-corrected chi connectivity index (χ1v) is 10.8. The van der Waals surface area contributed by atoms with E-state index in [0.29, 0.717) is 6.61 Å². The van der Waals surface area contributed by atoms with Crippen LogP contribution in [0.4, 0.5) is 0 Å². The summed E-state index contributed by atoms with van der Waals surface area (Å²) in [6, 6.07) is 6.34. The van der Waals surface area contributed by atoms with Gasteiger partial charge in [-0.05, 0) is 31.2 Å². The predicted octanol–water partition coefficient (Wildman–Crippen LogP) is 1.27. The Bertz CT molecular complexity index is 779. The van der Waals surface area contributed by atoms with Crippen LogP contribution in [0.15, 0.2) is 18.2 Å². The average molecular weight is 423 g/mol. The van der Waals surface area contributed by atoms with E-state index < -0.39 is 37.3 Å². The lowest BCUT2D eigenvalue weighted by atomic mass is 9.52. The van der Waals surface area contributed by atoms with Crippen LogP contribution in [0.3, 0.4) is 0 Å². The van der Waals surface area contributed by atoms with E-state index in [1.165, 1.54) is 11.1 Å². The molecule has 4 rings (SSSR count). The number of fused-ring (bicyclic) bond motifs is 3. The van der Waals surface area contributed by atoms with Crippen molar-refractivity contribution in [2.45, 2.75) is 82.8 Å². The van der Waals surface area contributed by atoms with Crippen molar-refractivity contribution in [3.05, 3.63) is 29.3 Å². The largest absolute Gasteiger partial charge is 0.493 e. The van der Waals surface area contributed by atoms with Gasteiger partial charge in [0.1, 0.15) is 30.2 Å². The maximum Gasteiger partial charge on any atom is 0.186 e. The summed E-state index contributed by atoms with van der Waals surface area (Å²) in [6.45, 7) is 8.79. The minimum Gasteiger partial charge on any atom is -0.493 e. The fraction of sp³-hybridized carbons (Fsp3) is 0.739. The molecule has 4 N–H and O–H groups in total. The van der Waals surface area contributed by atoms with Crippen LogP contribution in [-0.2, 0) is 14.9 Å². The highest BCUT2D eigenvalue weighted by Crippen LogP contribution is 2.57. The van der Waals surface area contributed by atoms with E-state index in [9.17, 15) is 20.4 Å². The third kappa shape index (κ3) is 3.36. The molecule has 2 fully saturated rings. The van der Waals surface area contributed by atoms with Gasteiger partial charge in [-0.2, -0.15) is 0 Å². The van der Waals surface area contributed by atoms with Gasteiger partial charge in [-0.25, -0.2) is 0 Å². The molecule has 168 valence electrons. The second kappa shape index (κ2) is 7.73. The Balaban J connectivity index is 1.57. The van der Waals surface area contributed by atoms with Crippen molar-refractivity contribution < 1.29 is 34.6 Å². The number of rotatable bonds is 3. The Labute approximate surface area is 177 Å². The Morgan fingerprint density at radius 2 is 1.83 bits per heavy atom. The van der Waals surface area contributed by atoms with Crippen molar-refractivity contribution in [1.82, 2.24) is 0 Å². The SMILES string of the molecule is Cc1ccc2c(c1)[C@@]1(C)CC[C@H](O[C@@H]3O[C@@H](CO)[C@H](O)[C@@H](O)[C@H]3O)C(C)(C)[C@H]1CO2. The van der Waals surface area contributed by atoms with Crippen molar-refractivity contribution in [2.75, 3.05) is 13.2 Å². The highest BCUT2D eigenvalue weighted by Gasteiger charge is 2.56. The zero-order valence-corrected chi connectivity index (χ0v) is 18.1. The maximum absolute atomic E-state index is 10.4. The molecule has 0 unspecified atom stereocenters. The Morgan fingerprint density at radius 3 is 2.53 bits per heavy atom. The van der Waals surface area contributed by atoms with Crippen molar-refractivity contribution >= 4 is 0 Å². The molecule has 7 heteroatoms. The quantitative estimate of drug-likeness (QED) is 0.581. The van der Waals surface area contributed by atoms with E-state index in [2.05, 4.69) is 45.9 Å². The van der Waals surface area contributed by atoms with E-state index in [1.807, 2.05) is 0 Å². The standard InChI is InChI=1S/C23H34O7/c1-12-5-6-14-13(9-12)23(4)8-7-17(22(2,3)16(23)11-28-14)30-21-20(27)19(26)18(25)15(10-24)29-21/h5-6,9,15-21,24-27H,7-8,10-11H2,1-4H3/t15-,16+,17-,18-,19+,20+,21-,23+/m0/s1. The first-order valence-electron chi connectivity index (χ1n) is 10.8. The molecule has 1 aliphatic carbocycles. The molecule has 1 aromatic carbocycles. The average Bonchev–Trinajstić information content (AvgIpc) is 2.70. The molecule has 0 amide bonds. The molecule has 7 nitrogen and oxygen atoms in total. The fourth-order valence-electron chi connectivity index (χ4n) is 5.72. The minimum absolute atomic E-state index is 0.0572. The van der Waals surface area contributed by atoms with Crippen LogP contribution in [0.2, 0.25) is 0 Å². The third-order valence-corrected chi connectivity index (χ3v) is 7.73.